The molecule has 0 aliphatic heterocycles. The van der Waals surface area contributed by atoms with Gasteiger partial charge in [-0.15, -0.1) is 0 Å². The molecule has 0 bridgehead atoms. The largest absolute Gasteiger partial charge is 0.326 e. The molecule has 0 aliphatic rings. The first-order valence-corrected chi connectivity index (χ1v) is 7.01. The Balaban J connectivity index is 1.89. The molecular weight excluding hydrogens is 284 g/mol. The Hall–Kier alpha value is -2.31. The first-order chi connectivity index (χ1) is 10.1. The van der Waals surface area contributed by atoms with Crippen molar-refractivity contribution in [2.24, 2.45) is 0 Å². The second kappa shape index (κ2) is 6.92. The van der Waals surface area contributed by atoms with Crippen LogP contribution in [0.4, 0.5) is 5.69 Å². The summed E-state index contributed by atoms with van der Waals surface area (Å²) in [5.74, 6) is -0.0589. The molecule has 3 nitrogen and oxygen atoms in total. The quantitative estimate of drug-likeness (QED) is 0.924. The van der Waals surface area contributed by atoms with Gasteiger partial charge >= 0.3 is 0 Å². The molecule has 0 unspecified atom stereocenters. The number of hydrogen-bond acceptors (Lipinski definition) is 2. The zero-order valence-corrected chi connectivity index (χ0v) is 12.4. The highest BCUT2D eigenvalue weighted by molar-refractivity contribution is 6.31. The summed E-state index contributed by atoms with van der Waals surface area (Å²) in [6, 6.07) is 14.7. The molecule has 0 radical (unpaired) electrons. The van der Waals surface area contributed by atoms with Crippen LogP contribution in [0.25, 0.3) is 0 Å². The van der Waals surface area contributed by atoms with E-state index in [1.54, 1.807) is 24.3 Å². The molecule has 0 aliphatic carbocycles. The van der Waals surface area contributed by atoms with Crippen molar-refractivity contribution >= 4 is 23.2 Å². The van der Waals surface area contributed by atoms with Crippen molar-refractivity contribution in [1.82, 2.24) is 0 Å². The van der Waals surface area contributed by atoms with Crippen LogP contribution in [0.2, 0.25) is 5.02 Å². The van der Waals surface area contributed by atoms with Crippen molar-refractivity contribution in [3.05, 3.63) is 64.2 Å². The Bertz CT molecular complexity index is 687. The summed E-state index contributed by atoms with van der Waals surface area (Å²) in [6.07, 6.45) is 1.03. The number of anilines is 1. The second-order valence-electron chi connectivity index (χ2n) is 4.82. The topological polar surface area (TPSA) is 52.9 Å². The smallest absolute Gasteiger partial charge is 0.224 e. The summed E-state index contributed by atoms with van der Waals surface area (Å²) >= 11 is 6.06. The van der Waals surface area contributed by atoms with Gasteiger partial charge in [-0.05, 0) is 54.8 Å². The summed E-state index contributed by atoms with van der Waals surface area (Å²) in [6.45, 7) is 1.95. The molecule has 106 valence electrons. The van der Waals surface area contributed by atoms with Gasteiger partial charge < -0.3 is 5.32 Å². The molecule has 0 saturated carbocycles. The van der Waals surface area contributed by atoms with Gasteiger partial charge in [0.15, 0.2) is 0 Å². The van der Waals surface area contributed by atoms with Crippen molar-refractivity contribution in [3.8, 4) is 6.07 Å². The number of nitrogens with one attached hydrogen (secondary N) is 1. The lowest BCUT2D eigenvalue weighted by Crippen LogP contribution is -2.12. The summed E-state index contributed by atoms with van der Waals surface area (Å²) in [5, 5.41) is 12.2. The van der Waals surface area contributed by atoms with Crippen molar-refractivity contribution < 1.29 is 4.79 Å². The predicted molar refractivity (Wildman–Crippen MR) is 84.3 cm³/mol. The minimum atomic E-state index is -0.0589. The zero-order valence-electron chi connectivity index (χ0n) is 11.7. The van der Waals surface area contributed by atoms with Gasteiger partial charge in [-0.1, -0.05) is 23.7 Å². The lowest BCUT2D eigenvalue weighted by atomic mass is 10.1. The fourth-order valence-corrected chi connectivity index (χ4v) is 2.10. The number of rotatable bonds is 4. The number of carbonyl (C=O) groups is 1. The third kappa shape index (κ3) is 4.34. The maximum Gasteiger partial charge on any atom is 0.224 e. The van der Waals surface area contributed by atoms with E-state index in [-0.39, 0.29) is 5.91 Å². The van der Waals surface area contributed by atoms with Crippen LogP contribution in [0.3, 0.4) is 0 Å². The normalized spacial score (nSPS) is 9.95. The minimum absolute atomic E-state index is 0.0589. The molecule has 0 saturated heterocycles. The number of amides is 1. The van der Waals surface area contributed by atoms with Gasteiger partial charge in [0.25, 0.3) is 0 Å². The second-order valence-corrected chi connectivity index (χ2v) is 5.23. The highest BCUT2D eigenvalue weighted by Gasteiger charge is 2.04. The lowest BCUT2D eigenvalue weighted by molar-refractivity contribution is -0.116. The van der Waals surface area contributed by atoms with Crippen LogP contribution in [0, 0.1) is 18.3 Å². The highest BCUT2D eigenvalue weighted by atomic mass is 35.5. The Kier molecular flexibility index (Phi) is 4.97. The monoisotopic (exact) mass is 298 g/mol. The van der Waals surface area contributed by atoms with Gasteiger partial charge in [-0.3, -0.25) is 4.79 Å². The molecule has 21 heavy (non-hydrogen) atoms. The van der Waals surface area contributed by atoms with E-state index < -0.39 is 0 Å². The van der Waals surface area contributed by atoms with Crippen molar-refractivity contribution in [2.75, 3.05) is 5.32 Å². The average molecular weight is 299 g/mol. The Morgan fingerprint density at radius 1 is 1.24 bits per heavy atom. The van der Waals surface area contributed by atoms with Crippen LogP contribution >= 0.6 is 11.6 Å². The van der Waals surface area contributed by atoms with Crippen molar-refractivity contribution in [1.29, 1.82) is 5.26 Å². The summed E-state index contributed by atoms with van der Waals surface area (Å²) < 4.78 is 0. The van der Waals surface area contributed by atoms with Crippen LogP contribution in [0.15, 0.2) is 42.5 Å². The molecular formula is C17H15ClN2O. The van der Waals surface area contributed by atoms with Crippen molar-refractivity contribution in [3.63, 3.8) is 0 Å². The lowest BCUT2D eigenvalue weighted by Gasteiger charge is -2.06. The molecule has 0 atom stereocenters. The van der Waals surface area contributed by atoms with E-state index in [0.29, 0.717) is 24.1 Å². The first-order valence-electron chi connectivity index (χ1n) is 6.63. The molecule has 4 heteroatoms. The summed E-state index contributed by atoms with van der Waals surface area (Å²) in [4.78, 5) is 11.9. The van der Waals surface area contributed by atoms with Gasteiger partial charge in [0.05, 0.1) is 11.6 Å². The number of aryl methyl sites for hydroxylation is 2. The fraction of sp³-hybridized carbons (Fsp3) is 0.176. The molecule has 0 aromatic heterocycles. The van der Waals surface area contributed by atoms with Gasteiger partial charge in [0.1, 0.15) is 0 Å². The molecule has 2 rings (SSSR count). The maximum absolute atomic E-state index is 11.9. The van der Waals surface area contributed by atoms with Crippen LogP contribution in [0.1, 0.15) is 23.1 Å². The molecule has 2 aromatic carbocycles. The van der Waals surface area contributed by atoms with E-state index in [1.807, 2.05) is 31.2 Å². The maximum atomic E-state index is 11.9. The van der Waals surface area contributed by atoms with Gasteiger partial charge in [0.2, 0.25) is 5.91 Å². The third-order valence-corrected chi connectivity index (χ3v) is 3.58. The van der Waals surface area contributed by atoms with E-state index in [9.17, 15) is 4.79 Å². The average Bonchev–Trinajstić information content (AvgIpc) is 2.49. The molecule has 2 aromatic rings. The minimum Gasteiger partial charge on any atom is -0.326 e. The molecule has 0 fully saturated rings. The van der Waals surface area contributed by atoms with Crippen LogP contribution in [0.5, 0.6) is 0 Å². The summed E-state index contributed by atoms with van der Waals surface area (Å²) in [5.41, 5.74) is 3.34. The van der Waals surface area contributed by atoms with Gasteiger partial charge in [-0.2, -0.15) is 5.26 Å². The Morgan fingerprint density at radius 2 is 1.95 bits per heavy atom. The SMILES string of the molecule is Cc1ccc(CCC(=O)Nc2ccc(C#N)cc2)cc1Cl. The van der Waals surface area contributed by atoms with Crippen LogP contribution < -0.4 is 5.32 Å². The van der Waals surface area contributed by atoms with Crippen molar-refractivity contribution in [2.45, 2.75) is 19.8 Å². The molecule has 1 amide bonds. The number of nitrogens with zero attached hydrogens (tertiary/aromatic N) is 1. The molecule has 0 heterocycles. The first kappa shape index (κ1) is 15.1. The number of nitriles is 1. The molecule has 0 spiro atoms. The predicted octanol–water partition coefficient (Wildman–Crippen LogP) is 4.09. The van der Waals surface area contributed by atoms with Crippen LogP contribution in [-0.4, -0.2) is 5.91 Å². The number of benzene rings is 2. The number of halogens is 1. The third-order valence-electron chi connectivity index (χ3n) is 3.17. The van der Waals surface area contributed by atoms with E-state index in [1.165, 1.54) is 0 Å². The van der Waals surface area contributed by atoms with E-state index in [4.69, 9.17) is 16.9 Å². The van der Waals surface area contributed by atoms with E-state index in [0.717, 1.165) is 16.1 Å². The van der Waals surface area contributed by atoms with E-state index >= 15 is 0 Å². The van der Waals surface area contributed by atoms with E-state index in [2.05, 4.69) is 5.32 Å². The fourth-order valence-electron chi connectivity index (χ4n) is 1.90. The number of carbonyl (C=O) groups excluding carboxylic acids is 1. The number of hydrogen-bond donors (Lipinski definition) is 1. The highest BCUT2D eigenvalue weighted by Crippen LogP contribution is 2.18. The Labute approximate surface area is 129 Å². The van der Waals surface area contributed by atoms with Gasteiger partial charge in [0, 0.05) is 17.1 Å². The molecule has 1 N–H and O–H groups in total. The van der Waals surface area contributed by atoms with Gasteiger partial charge in [-0.25, -0.2) is 0 Å². The standard InChI is InChI=1S/C17H15ClN2O/c1-12-2-3-13(10-16(12)18)6-9-17(21)20-15-7-4-14(11-19)5-8-15/h2-5,7-8,10H,6,9H2,1H3,(H,20,21). The zero-order chi connectivity index (χ0) is 15.2. The summed E-state index contributed by atoms with van der Waals surface area (Å²) in [7, 11) is 0. The van der Waals surface area contributed by atoms with Crippen LogP contribution in [-0.2, 0) is 11.2 Å². The Morgan fingerprint density at radius 3 is 2.57 bits per heavy atom.